The first kappa shape index (κ1) is 18.0. The van der Waals surface area contributed by atoms with Gasteiger partial charge in [0.15, 0.2) is 0 Å². The molecule has 0 saturated heterocycles. The third-order valence-electron chi connectivity index (χ3n) is 3.47. The van der Waals surface area contributed by atoms with Gasteiger partial charge >= 0.3 is 6.18 Å². The lowest BCUT2D eigenvalue weighted by Crippen LogP contribution is -2.37. The second kappa shape index (κ2) is 7.80. The van der Waals surface area contributed by atoms with Gasteiger partial charge in [-0.05, 0) is 36.6 Å². The zero-order valence-corrected chi connectivity index (χ0v) is 13.0. The van der Waals surface area contributed by atoms with Crippen LogP contribution in [0, 0.1) is 5.92 Å². The minimum absolute atomic E-state index is 0.0895. The molecule has 0 saturated carbocycles. The van der Waals surface area contributed by atoms with Crippen LogP contribution in [0.15, 0.2) is 24.3 Å². The molecule has 1 aromatic carbocycles. The molecular formula is C16H24F3NO. The van der Waals surface area contributed by atoms with Crippen molar-refractivity contribution in [3.8, 4) is 0 Å². The van der Waals surface area contributed by atoms with E-state index in [-0.39, 0.29) is 18.1 Å². The van der Waals surface area contributed by atoms with Crippen molar-refractivity contribution < 1.29 is 17.9 Å². The van der Waals surface area contributed by atoms with Gasteiger partial charge in [-0.1, -0.05) is 32.9 Å². The van der Waals surface area contributed by atoms with E-state index in [2.05, 4.69) is 5.32 Å². The Balaban J connectivity index is 3.02. The third kappa shape index (κ3) is 5.00. The standard InChI is InChI=1S/C16H24F3NO/c1-5-10-20-14(15(21-4)11(2)3)12-6-8-13(9-7-12)16(17,18)19/h6-9,11,14-15,20H,5,10H2,1-4H3. The monoisotopic (exact) mass is 303 g/mol. The topological polar surface area (TPSA) is 21.3 Å². The lowest BCUT2D eigenvalue weighted by atomic mass is 9.92. The second-order valence-corrected chi connectivity index (χ2v) is 5.50. The van der Waals surface area contributed by atoms with Gasteiger partial charge in [0, 0.05) is 7.11 Å². The fraction of sp³-hybridized carbons (Fsp3) is 0.625. The zero-order chi connectivity index (χ0) is 16.0. The number of rotatable bonds is 7. The van der Waals surface area contributed by atoms with Crippen molar-refractivity contribution in [2.75, 3.05) is 13.7 Å². The Labute approximate surface area is 124 Å². The van der Waals surface area contributed by atoms with Crippen molar-refractivity contribution in [3.63, 3.8) is 0 Å². The van der Waals surface area contributed by atoms with Crippen LogP contribution < -0.4 is 5.32 Å². The predicted molar refractivity (Wildman–Crippen MR) is 78.1 cm³/mol. The summed E-state index contributed by atoms with van der Waals surface area (Å²) < 4.78 is 43.4. The first-order chi connectivity index (χ1) is 9.81. The normalized spacial score (nSPS) is 15.2. The fourth-order valence-electron chi connectivity index (χ4n) is 2.40. The number of benzene rings is 1. The van der Waals surface area contributed by atoms with E-state index >= 15 is 0 Å². The fourth-order valence-corrected chi connectivity index (χ4v) is 2.40. The van der Waals surface area contributed by atoms with Crippen LogP contribution in [0.3, 0.4) is 0 Å². The van der Waals surface area contributed by atoms with Crippen molar-refractivity contribution in [1.29, 1.82) is 0 Å². The van der Waals surface area contributed by atoms with Crippen LogP contribution in [0.1, 0.15) is 44.4 Å². The molecular weight excluding hydrogens is 279 g/mol. The molecule has 0 amide bonds. The lowest BCUT2D eigenvalue weighted by Gasteiger charge is -2.30. The minimum atomic E-state index is -4.30. The molecule has 0 aliphatic heterocycles. The van der Waals surface area contributed by atoms with E-state index in [0.717, 1.165) is 30.7 Å². The first-order valence-electron chi connectivity index (χ1n) is 7.24. The van der Waals surface area contributed by atoms with E-state index < -0.39 is 11.7 Å². The Morgan fingerprint density at radius 3 is 2.10 bits per heavy atom. The summed E-state index contributed by atoms with van der Waals surface area (Å²) in [6.45, 7) is 6.92. The van der Waals surface area contributed by atoms with Crippen molar-refractivity contribution in [2.45, 2.75) is 45.5 Å². The Morgan fingerprint density at radius 2 is 1.71 bits per heavy atom. The van der Waals surface area contributed by atoms with E-state index in [0.29, 0.717) is 0 Å². The van der Waals surface area contributed by atoms with Crippen molar-refractivity contribution in [1.82, 2.24) is 5.32 Å². The molecule has 0 fully saturated rings. The molecule has 120 valence electrons. The highest BCUT2D eigenvalue weighted by Gasteiger charge is 2.31. The molecule has 5 heteroatoms. The zero-order valence-electron chi connectivity index (χ0n) is 13.0. The van der Waals surface area contributed by atoms with Gasteiger partial charge in [-0.2, -0.15) is 13.2 Å². The SMILES string of the molecule is CCCNC(c1ccc(C(F)(F)F)cc1)C(OC)C(C)C. The van der Waals surface area contributed by atoms with Crippen LogP contribution in [0.2, 0.25) is 0 Å². The van der Waals surface area contributed by atoms with E-state index in [4.69, 9.17) is 4.74 Å². The average Bonchev–Trinajstić information content (AvgIpc) is 2.42. The Morgan fingerprint density at radius 1 is 1.14 bits per heavy atom. The van der Waals surface area contributed by atoms with Crippen LogP contribution >= 0.6 is 0 Å². The largest absolute Gasteiger partial charge is 0.416 e. The van der Waals surface area contributed by atoms with Crippen molar-refractivity contribution >= 4 is 0 Å². The highest BCUT2D eigenvalue weighted by molar-refractivity contribution is 5.27. The number of halogens is 3. The maximum Gasteiger partial charge on any atom is 0.416 e. The van der Waals surface area contributed by atoms with Crippen LogP contribution in [0.5, 0.6) is 0 Å². The number of hydrogen-bond acceptors (Lipinski definition) is 2. The van der Waals surface area contributed by atoms with E-state index in [1.807, 2.05) is 20.8 Å². The van der Waals surface area contributed by atoms with Gasteiger partial charge in [-0.15, -0.1) is 0 Å². The van der Waals surface area contributed by atoms with Crippen molar-refractivity contribution in [2.24, 2.45) is 5.92 Å². The molecule has 0 bridgehead atoms. The number of ether oxygens (including phenoxy) is 1. The molecule has 0 aromatic heterocycles. The molecule has 2 atom stereocenters. The molecule has 1 rings (SSSR count). The van der Waals surface area contributed by atoms with Gasteiger partial charge in [0.2, 0.25) is 0 Å². The number of nitrogens with one attached hydrogen (secondary N) is 1. The molecule has 0 heterocycles. The molecule has 0 aliphatic carbocycles. The highest BCUT2D eigenvalue weighted by Crippen LogP contribution is 2.31. The number of alkyl halides is 3. The summed E-state index contributed by atoms with van der Waals surface area (Å²) in [6.07, 6.45) is -3.44. The number of methoxy groups -OCH3 is 1. The van der Waals surface area contributed by atoms with Gasteiger partial charge in [0.05, 0.1) is 17.7 Å². The first-order valence-corrected chi connectivity index (χ1v) is 7.24. The van der Waals surface area contributed by atoms with Gasteiger partial charge in [-0.3, -0.25) is 0 Å². The molecule has 1 aromatic rings. The van der Waals surface area contributed by atoms with Gasteiger partial charge in [-0.25, -0.2) is 0 Å². The van der Waals surface area contributed by atoms with Crippen LogP contribution in [0.25, 0.3) is 0 Å². The third-order valence-corrected chi connectivity index (χ3v) is 3.47. The second-order valence-electron chi connectivity index (χ2n) is 5.50. The molecule has 0 spiro atoms. The summed E-state index contributed by atoms with van der Waals surface area (Å²) in [6, 6.07) is 5.21. The minimum Gasteiger partial charge on any atom is -0.379 e. The Bertz CT molecular complexity index is 415. The van der Waals surface area contributed by atoms with Crippen LogP contribution in [-0.2, 0) is 10.9 Å². The predicted octanol–water partition coefficient (Wildman–Crippen LogP) is 4.42. The average molecular weight is 303 g/mol. The van der Waals surface area contributed by atoms with Crippen LogP contribution in [0.4, 0.5) is 13.2 Å². The highest BCUT2D eigenvalue weighted by atomic mass is 19.4. The molecule has 2 unspecified atom stereocenters. The van der Waals surface area contributed by atoms with Crippen LogP contribution in [-0.4, -0.2) is 19.8 Å². The lowest BCUT2D eigenvalue weighted by molar-refractivity contribution is -0.137. The summed E-state index contributed by atoms with van der Waals surface area (Å²) >= 11 is 0. The van der Waals surface area contributed by atoms with E-state index in [9.17, 15) is 13.2 Å². The Kier molecular flexibility index (Phi) is 6.68. The maximum atomic E-state index is 12.6. The van der Waals surface area contributed by atoms with E-state index in [1.54, 1.807) is 7.11 Å². The smallest absolute Gasteiger partial charge is 0.379 e. The summed E-state index contributed by atoms with van der Waals surface area (Å²) in [7, 11) is 1.63. The summed E-state index contributed by atoms with van der Waals surface area (Å²) in [4.78, 5) is 0. The quantitative estimate of drug-likeness (QED) is 0.805. The molecule has 21 heavy (non-hydrogen) atoms. The summed E-state index contributed by atoms with van der Waals surface area (Å²) in [5.74, 6) is 0.256. The Hall–Kier alpha value is -1.07. The van der Waals surface area contributed by atoms with Crippen molar-refractivity contribution in [3.05, 3.63) is 35.4 Å². The van der Waals surface area contributed by atoms with Gasteiger partial charge in [0.1, 0.15) is 0 Å². The molecule has 0 aliphatic rings. The van der Waals surface area contributed by atoms with E-state index in [1.165, 1.54) is 12.1 Å². The summed E-state index contributed by atoms with van der Waals surface area (Å²) in [5.41, 5.74) is 0.191. The van der Waals surface area contributed by atoms with Gasteiger partial charge < -0.3 is 10.1 Å². The number of hydrogen-bond donors (Lipinski definition) is 1. The maximum absolute atomic E-state index is 12.6. The summed E-state index contributed by atoms with van der Waals surface area (Å²) in [5, 5.41) is 3.37. The molecule has 1 N–H and O–H groups in total. The molecule has 2 nitrogen and oxygen atoms in total. The molecule has 0 radical (unpaired) electrons. The van der Waals surface area contributed by atoms with Gasteiger partial charge in [0.25, 0.3) is 0 Å².